The van der Waals surface area contributed by atoms with Gasteiger partial charge in [0, 0.05) is 30.9 Å². The van der Waals surface area contributed by atoms with Gasteiger partial charge in [-0.15, -0.1) is 0 Å². The molecular weight excluding hydrogens is 427 g/mol. The Balaban J connectivity index is 1.59. The molecule has 0 radical (unpaired) electrons. The summed E-state index contributed by atoms with van der Waals surface area (Å²) in [4.78, 5) is 33.1. The number of aromatic nitrogens is 1. The standard InChI is InChI=1S/C21H22Cl2N4O3/c1-30-21(29)16-9-15(16)20(28)26-6-7-27(19-17(24)8-14(23)10-25-19)18(11-26)12-2-4-13(22)5-3-12/h2-5,8,10,15-16,18H,6-7,9,11,24H2,1H3/t15-,16-,18?/m0/s1. The number of nitrogen functional groups attached to an aromatic ring is 1. The van der Waals surface area contributed by atoms with E-state index in [1.807, 2.05) is 29.2 Å². The minimum atomic E-state index is -0.330. The minimum Gasteiger partial charge on any atom is -0.469 e. The Hall–Kier alpha value is -2.51. The van der Waals surface area contributed by atoms with Gasteiger partial charge in [-0.25, -0.2) is 4.98 Å². The van der Waals surface area contributed by atoms with E-state index in [9.17, 15) is 9.59 Å². The molecule has 1 amide bonds. The second-order valence-corrected chi connectivity index (χ2v) is 8.46. The summed E-state index contributed by atoms with van der Waals surface area (Å²) in [6, 6.07) is 9.03. The number of carbonyl (C=O) groups excluding carboxylic acids is 2. The lowest BCUT2D eigenvalue weighted by Gasteiger charge is -2.43. The van der Waals surface area contributed by atoms with Crippen molar-refractivity contribution in [2.75, 3.05) is 37.4 Å². The van der Waals surface area contributed by atoms with Gasteiger partial charge in [-0.3, -0.25) is 9.59 Å². The molecule has 2 N–H and O–H groups in total. The predicted octanol–water partition coefficient (Wildman–Crippen LogP) is 3.17. The molecule has 4 rings (SSSR count). The van der Waals surface area contributed by atoms with E-state index in [2.05, 4.69) is 9.88 Å². The number of benzene rings is 1. The summed E-state index contributed by atoms with van der Waals surface area (Å²) in [5, 5.41) is 1.10. The Bertz CT molecular complexity index is 969. The molecule has 0 bridgehead atoms. The first-order valence-electron chi connectivity index (χ1n) is 9.68. The van der Waals surface area contributed by atoms with Gasteiger partial charge in [0.05, 0.1) is 35.7 Å². The first-order chi connectivity index (χ1) is 14.4. The molecular formula is C21H22Cl2N4O3. The normalized spacial score (nSPS) is 23.2. The van der Waals surface area contributed by atoms with Crippen molar-refractivity contribution in [3.8, 4) is 0 Å². The Labute approximate surface area is 184 Å². The molecule has 9 heteroatoms. The van der Waals surface area contributed by atoms with Crippen LogP contribution >= 0.6 is 23.2 Å². The fourth-order valence-electron chi connectivity index (χ4n) is 4.01. The van der Waals surface area contributed by atoms with Crippen molar-refractivity contribution >= 4 is 46.6 Å². The Kier molecular flexibility index (Phi) is 5.75. The van der Waals surface area contributed by atoms with Gasteiger partial charge in [0.2, 0.25) is 5.91 Å². The molecule has 158 valence electrons. The summed E-state index contributed by atoms with van der Waals surface area (Å²) < 4.78 is 4.78. The van der Waals surface area contributed by atoms with Gasteiger partial charge in [-0.05, 0) is 30.2 Å². The largest absolute Gasteiger partial charge is 0.469 e. The number of hydrogen-bond donors (Lipinski definition) is 1. The van der Waals surface area contributed by atoms with Crippen molar-refractivity contribution in [3.05, 3.63) is 52.1 Å². The minimum absolute atomic E-state index is 0.0129. The van der Waals surface area contributed by atoms with Gasteiger partial charge in [0.1, 0.15) is 0 Å². The number of piperazine rings is 1. The molecule has 3 atom stereocenters. The zero-order valence-corrected chi connectivity index (χ0v) is 17.9. The van der Waals surface area contributed by atoms with Gasteiger partial charge >= 0.3 is 5.97 Å². The Morgan fingerprint density at radius 2 is 1.87 bits per heavy atom. The van der Waals surface area contributed by atoms with Crippen LogP contribution in [-0.2, 0) is 14.3 Å². The van der Waals surface area contributed by atoms with Crippen LogP contribution in [0.4, 0.5) is 11.5 Å². The van der Waals surface area contributed by atoms with Crippen molar-refractivity contribution in [3.63, 3.8) is 0 Å². The van der Waals surface area contributed by atoms with Gasteiger partial charge in [0.25, 0.3) is 0 Å². The van der Waals surface area contributed by atoms with Gasteiger partial charge in [0.15, 0.2) is 5.82 Å². The summed E-state index contributed by atoms with van der Waals surface area (Å²) >= 11 is 12.1. The van der Waals surface area contributed by atoms with Crippen LogP contribution in [0.1, 0.15) is 18.0 Å². The summed E-state index contributed by atoms with van der Waals surface area (Å²) in [7, 11) is 1.35. The molecule has 1 aliphatic carbocycles. The molecule has 2 heterocycles. The number of esters is 1. The quantitative estimate of drug-likeness (QED) is 0.722. The third-order valence-electron chi connectivity index (χ3n) is 5.69. The zero-order chi connectivity index (χ0) is 21.4. The maximum absolute atomic E-state index is 13.0. The number of hydrogen-bond acceptors (Lipinski definition) is 6. The molecule has 1 saturated carbocycles. The van der Waals surface area contributed by atoms with Crippen molar-refractivity contribution in [2.24, 2.45) is 11.8 Å². The van der Waals surface area contributed by atoms with Gasteiger partial charge in [-0.1, -0.05) is 35.3 Å². The van der Waals surface area contributed by atoms with E-state index in [1.54, 1.807) is 12.3 Å². The molecule has 2 fully saturated rings. The number of rotatable bonds is 4. The molecule has 1 unspecified atom stereocenters. The zero-order valence-electron chi connectivity index (χ0n) is 16.4. The number of nitrogens with zero attached hydrogens (tertiary/aromatic N) is 3. The number of pyridine rings is 1. The fourth-order valence-corrected chi connectivity index (χ4v) is 4.30. The monoisotopic (exact) mass is 448 g/mol. The van der Waals surface area contributed by atoms with Crippen molar-refractivity contribution < 1.29 is 14.3 Å². The van der Waals surface area contributed by atoms with E-state index in [-0.39, 0.29) is 29.8 Å². The van der Waals surface area contributed by atoms with Crippen LogP contribution < -0.4 is 10.6 Å². The van der Waals surface area contributed by atoms with E-state index in [4.69, 9.17) is 33.7 Å². The third kappa shape index (κ3) is 4.04. The van der Waals surface area contributed by atoms with Crippen LogP contribution in [-0.4, -0.2) is 48.5 Å². The lowest BCUT2D eigenvalue weighted by Crippen LogP contribution is -2.51. The summed E-state index contributed by atoms with van der Waals surface area (Å²) in [6.07, 6.45) is 2.11. The van der Waals surface area contributed by atoms with Gasteiger partial charge < -0.3 is 20.3 Å². The molecule has 1 aromatic heterocycles. The van der Waals surface area contributed by atoms with Crippen molar-refractivity contribution in [2.45, 2.75) is 12.5 Å². The number of carbonyl (C=O) groups is 2. The van der Waals surface area contributed by atoms with Crippen molar-refractivity contribution in [1.29, 1.82) is 0 Å². The molecule has 1 saturated heterocycles. The van der Waals surface area contributed by atoms with E-state index < -0.39 is 0 Å². The first-order valence-corrected chi connectivity index (χ1v) is 10.4. The predicted molar refractivity (Wildman–Crippen MR) is 115 cm³/mol. The number of halogens is 2. The SMILES string of the molecule is COC(=O)[C@H]1C[C@@H]1C(=O)N1CCN(c2ncc(Cl)cc2N)C(c2ccc(Cl)cc2)C1. The Morgan fingerprint density at radius 3 is 2.53 bits per heavy atom. The summed E-state index contributed by atoms with van der Waals surface area (Å²) in [5.74, 6) is -0.331. The summed E-state index contributed by atoms with van der Waals surface area (Å²) in [6.45, 7) is 1.51. The molecule has 0 spiro atoms. The number of nitrogens with two attached hydrogens (primary N) is 1. The molecule has 7 nitrogen and oxygen atoms in total. The number of methoxy groups -OCH3 is 1. The molecule has 1 aliphatic heterocycles. The number of ether oxygens (including phenoxy) is 1. The lowest BCUT2D eigenvalue weighted by molar-refractivity contribution is -0.145. The van der Waals surface area contributed by atoms with Crippen LogP contribution in [0.5, 0.6) is 0 Å². The highest BCUT2D eigenvalue weighted by Crippen LogP contribution is 2.42. The first kappa shape index (κ1) is 20.8. The second-order valence-electron chi connectivity index (χ2n) is 7.58. The van der Waals surface area contributed by atoms with Crippen LogP contribution in [0, 0.1) is 11.8 Å². The summed E-state index contributed by atoms with van der Waals surface area (Å²) in [5.41, 5.74) is 7.67. The maximum Gasteiger partial charge on any atom is 0.309 e. The lowest BCUT2D eigenvalue weighted by atomic mass is 10.0. The van der Waals surface area contributed by atoms with Crippen LogP contribution in [0.15, 0.2) is 36.5 Å². The van der Waals surface area contributed by atoms with Crippen LogP contribution in [0.2, 0.25) is 10.0 Å². The highest BCUT2D eigenvalue weighted by Gasteiger charge is 2.51. The molecule has 2 aliphatic rings. The van der Waals surface area contributed by atoms with E-state index in [0.717, 1.165) is 5.56 Å². The van der Waals surface area contributed by atoms with Crippen LogP contribution in [0.3, 0.4) is 0 Å². The second kappa shape index (κ2) is 8.32. The highest BCUT2D eigenvalue weighted by atomic mass is 35.5. The average molecular weight is 449 g/mol. The maximum atomic E-state index is 13.0. The van der Waals surface area contributed by atoms with E-state index in [0.29, 0.717) is 47.6 Å². The fraction of sp³-hybridized carbons (Fsp3) is 0.381. The smallest absolute Gasteiger partial charge is 0.309 e. The molecule has 1 aromatic carbocycles. The highest BCUT2D eigenvalue weighted by molar-refractivity contribution is 6.31. The topological polar surface area (TPSA) is 88.8 Å². The van der Waals surface area contributed by atoms with Gasteiger partial charge in [-0.2, -0.15) is 0 Å². The van der Waals surface area contributed by atoms with Crippen LogP contribution in [0.25, 0.3) is 0 Å². The van der Waals surface area contributed by atoms with E-state index in [1.165, 1.54) is 7.11 Å². The Morgan fingerprint density at radius 1 is 1.13 bits per heavy atom. The number of anilines is 2. The third-order valence-corrected chi connectivity index (χ3v) is 6.15. The average Bonchev–Trinajstić information content (AvgIpc) is 3.54. The molecule has 2 aromatic rings. The van der Waals surface area contributed by atoms with Crippen molar-refractivity contribution in [1.82, 2.24) is 9.88 Å². The molecule has 30 heavy (non-hydrogen) atoms. The number of amides is 1. The van der Waals surface area contributed by atoms with E-state index >= 15 is 0 Å².